The van der Waals surface area contributed by atoms with Crippen molar-refractivity contribution in [1.82, 2.24) is 9.62 Å². The summed E-state index contributed by atoms with van der Waals surface area (Å²) >= 11 is 5.92. The highest BCUT2D eigenvalue weighted by Gasteiger charge is 2.28. The molecule has 0 atom stereocenters. The molecule has 1 aromatic carbocycles. The molecule has 0 aliphatic rings. The zero-order valence-electron chi connectivity index (χ0n) is 12.4. The zero-order valence-corrected chi connectivity index (χ0v) is 14.0. The van der Waals surface area contributed by atoms with Gasteiger partial charge in [-0.25, -0.2) is 12.8 Å². The molecule has 118 valence electrons. The van der Waals surface area contributed by atoms with Gasteiger partial charge in [-0.15, -0.1) is 0 Å². The van der Waals surface area contributed by atoms with Crippen LogP contribution in [0.25, 0.3) is 0 Å². The van der Waals surface area contributed by atoms with E-state index in [2.05, 4.69) is 11.9 Å². The second kappa shape index (κ2) is 7.35. The predicted molar refractivity (Wildman–Crippen MR) is 83.4 cm³/mol. The van der Waals surface area contributed by atoms with E-state index in [1.807, 2.05) is 0 Å². The molecule has 7 heteroatoms. The maximum Gasteiger partial charge on any atom is 0.246 e. The molecule has 0 aromatic heterocycles. The van der Waals surface area contributed by atoms with Gasteiger partial charge < -0.3 is 5.32 Å². The zero-order chi connectivity index (χ0) is 16.2. The van der Waals surface area contributed by atoms with E-state index in [-0.39, 0.29) is 30.2 Å². The summed E-state index contributed by atoms with van der Waals surface area (Å²) in [5.74, 6) is -0.770. The molecule has 1 N–H and O–H groups in total. The van der Waals surface area contributed by atoms with Crippen LogP contribution in [0.1, 0.15) is 19.4 Å². The van der Waals surface area contributed by atoms with E-state index in [4.69, 9.17) is 11.6 Å². The first kappa shape index (κ1) is 18.1. The summed E-state index contributed by atoms with van der Waals surface area (Å²) in [5, 5.41) is 2.97. The normalized spacial score (nSPS) is 11.9. The molecule has 1 aromatic rings. The van der Waals surface area contributed by atoms with Crippen LogP contribution in [0.3, 0.4) is 0 Å². The smallest absolute Gasteiger partial charge is 0.246 e. The third kappa shape index (κ3) is 4.26. The van der Waals surface area contributed by atoms with Crippen LogP contribution in [-0.2, 0) is 16.6 Å². The Bertz CT molecular complexity index is 632. The van der Waals surface area contributed by atoms with Crippen LogP contribution in [0.5, 0.6) is 0 Å². The van der Waals surface area contributed by atoms with Gasteiger partial charge in [0.2, 0.25) is 10.0 Å². The lowest BCUT2D eigenvalue weighted by Crippen LogP contribution is -2.33. The maximum atomic E-state index is 14.4. The molecule has 0 spiro atoms. The third-order valence-electron chi connectivity index (χ3n) is 2.86. The highest BCUT2D eigenvalue weighted by Crippen LogP contribution is 2.26. The Morgan fingerprint density at radius 1 is 1.48 bits per heavy atom. The lowest BCUT2D eigenvalue weighted by atomic mass is 10.2. The molecule has 1 rings (SSSR count). The molecule has 0 saturated carbocycles. The Balaban J connectivity index is 3.39. The van der Waals surface area contributed by atoms with Crippen molar-refractivity contribution in [3.05, 3.63) is 40.7 Å². The van der Waals surface area contributed by atoms with Crippen LogP contribution in [-0.4, -0.2) is 32.9 Å². The SMILES string of the molecule is C=C(C)CN(CC)S(=O)(=O)c1cc(Cl)cc(CNC)c1F. The van der Waals surface area contributed by atoms with E-state index in [9.17, 15) is 12.8 Å². The van der Waals surface area contributed by atoms with Gasteiger partial charge >= 0.3 is 0 Å². The predicted octanol–water partition coefficient (Wildman–Crippen LogP) is 2.79. The number of likely N-dealkylation sites (N-methyl/N-ethyl adjacent to an activating group) is 1. The lowest BCUT2D eigenvalue weighted by Gasteiger charge is -2.21. The van der Waals surface area contributed by atoms with Crippen LogP contribution >= 0.6 is 11.6 Å². The van der Waals surface area contributed by atoms with Crippen LogP contribution in [0.2, 0.25) is 5.02 Å². The Morgan fingerprint density at radius 3 is 2.57 bits per heavy atom. The third-order valence-corrected chi connectivity index (χ3v) is 5.00. The van der Waals surface area contributed by atoms with Crippen LogP contribution in [0.15, 0.2) is 29.2 Å². The molecular weight excluding hydrogens is 315 g/mol. The minimum atomic E-state index is -3.95. The number of hydrogen-bond donors (Lipinski definition) is 1. The second-order valence-corrected chi connectivity index (χ2v) is 7.14. The average Bonchev–Trinajstić information content (AvgIpc) is 2.39. The molecule has 0 bridgehead atoms. The fraction of sp³-hybridized carbons (Fsp3) is 0.429. The van der Waals surface area contributed by atoms with E-state index in [0.29, 0.717) is 5.57 Å². The fourth-order valence-corrected chi connectivity index (χ4v) is 3.88. The minimum absolute atomic E-state index is 0.145. The van der Waals surface area contributed by atoms with Gasteiger partial charge in [-0.1, -0.05) is 30.7 Å². The van der Waals surface area contributed by atoms with Crippen LogP contribution < -0.4 is 5.32 Å². The maximum absolute atomic E-state index is 14.4. The first-order valence-electron chi connectivity index (χ1n) is 6.51. The molecule has 0 unspecified atom stereocenters. The summed E-state index contributed by atoms with van der Waals surface area (Å²) in [6, 6.07) is 2.56. The number of benzene rings is 1. The van der Waals surface area contributed by atoms with E-state index in [1.165, 1.54) is 10.4 Å². The van der Waals surface area contributed by atoms with Gasteiger partial charge in [-0.2, -0.15) is 4.31 Å². The molecular formula is C14H20ClFN2O2S. The minimum Gasteiger partial charge on any atom is -0.316 e. The van der Waals surface area contributed by atoms with Gasteiger partial charge in [0.1, 0.15) is 10.7 Å². The van der Waals surface area contributed by atoms with E-state index >= 15 is 0 Å². The van der Waals surface area contributed by atoms with Crippen molar-refractivity contribution in [1.29, 1.82) is 0 Å². The van der Waals surface area contributed by atoms with Crippen molar-refractivity contribution in [3.63, 3.8) is 0 Å². The summed E-state index contributed by atoms with van der Waals surface area (Å²) in [5.41, 5.74) is 0.897. The van der Waals surface area contributed by atoms with Gasteiger partial charge in [-0.05, 0) is 26.1 Å². The van der Waals surface area contributed by atoms with Gasteiger partial charge in [0.05, 0.1) is 0 Å². The quantitative estimate of drug-likeness (QED) is 0.780. The average molecular weight is 335 g/mol. The van der Waals surface area contributed by atoms with E-state index in [0.717, 1.165) is 6.07 Å². The lowest BCUT2D eigenvalue weighted by molar-refractivity contribution is 0.446. The van der Waals surface area contributed by atoms with Crippen LogP contribution in [0, 0.1) is 5.82 Å². The molecule has 0 radical (unpaired) electrons. The monoisotopic (exact) mass is 334 g/mol. The molecule has 0 saturated heterocycles. The number of nitrogens with one attached hydrogen (secondary N) is 1. The highest BCUT2D eigenvalue weighted by molar-refractivity contribution is 7.89. The van der Waals surface area contributed by atoms with Crippen molar-refractivity contribution in [3.8, 4) is 0 Å². The Labute approximate surface area is 130 Å². The largest absolute Gasteiger partial charge is 0.316 e. The highest BCUT2D eigenvalue weighted by atomic mass is 35.5. The number of halogens is 2. The molecule has 0 heterocycles. The molecule has 21 heavy (non-hydrogen) atoms. The van der Waals surface area contributed by atoms with Gasteiger partial charge in [-0.3, -0.25) is 0 Å². The Morgan fingerprint density at radius 2 is 2.10 bits per heavy atom. The number of nitrogens with zero attached hydrogens (tertiary/aromatic N) is 1. The number of rotatable bonds is 7. The van der Waals surface area contributed by atoms with Gasteiger partial charge in [0.15, 0.2) is 0 Å². The number of hydrogen-bond acceptors (Lipinski definition) is 3. The molecule has 4 nitrogen and oxygen atoms in total. The molecule has 0 amide bonds. The number of sulfonamides is 1. The van der Waals surface area contributed by atoms with Crippen molar-refractivity contribution >= 4 is 21.6 Å². The van der Waals surface area contributed by atoms with Crippen molar-refractivity contribution < 1.29 is 12.8 Å². The molecule has 0 aliphatic heterocycles. The standard InChI is InChI=1S/C14H20ClFN2O2S/c1-5-18(9-10(2)3)21(19,20)13-7-12(15)6-11(8-17-4)14(13)16/h6-7,17H,2,5,8-9H2,1,3-4H3. The molecule has 0 fully saturated rings. The van der Waals surface area contributed by atoms with Crippen molar-refractivity contribution in [2.24, 2.45) is 0 Å². The van der Waals surface area contributed by atoms with Gasteiger partial charge in [0, 0.05) is 30.2 Å². The summed E-state index contributed by atoms with van der Waals surface area (Å²) < 4.78 is 40.8. The summed E-state index contributed by atoms with van der Waals surface area (Å²) in [7, 11) is -2.31. The summed E-state index contributed by atoms with van der Waals surface area (Å²) in [6.45, 7) is 7.68. The summed E-state index contributed by atoms with van der Waals surface area (Å²) in [4.78, 5) is -0.400. The van der Waals surface area contributed by atoms with Gasteiger partial charge in [0.25, 0.3) is 0 Å². The summed E-state index contributed by atoms with van der Waals surface area (Å²) in [6.07, 6.45) is 0. The first-order valence-corrected chi connectivity index (χ1v) is 8.32. The first-order chi connectivity index (χ1) is 9.73. The molecule has 0 aliphatic carbocycles. The van der Waals surface area contributed by atoms with E-state index < -0.39 is 20.7 Å². The van der Waals surface area contributed by atoms with Crippen molar-refractivity contribution in [2.75, 3.05) is 20.1 Å². The van der Waals surface area contributed by atoms with Crippen molar-refractivity contribution in [2.45, 2.75) is 25.3 Å². The van der Waals surface area contributed by atoms with Crippen LogP contribution in [0.4, 0.5) is 4.39 Å². The fourth-order valence-electron chi connectivity index (χ4n) is 1.93. The Kier molecular flexibility index (Phi) is 6.34. The van der Waals surface area contributed by atoms with E-state index in [1.54, 1.807) is 20.9 Å². The topological polar surface area (TPSA) is 49.4 Å². The Hall–Kier alpha value is -0.950. The second-order valence-electron chi connectivity index (χ2n) is 4.80.